The van der Waals surface area contributed by atoms with E-state index in [2.05, 4.69) is 5.32 Å². The standard InChI is InChI=1S/C15H19NO4/c1-10(11-4-6-12(20-2)7-5-11)16-13(17)15(14(18)19)8-3-9-15/h4-7,10H,3,8-9H2,1-2H3,(H,16,17)(H,18,19). The van der Waals surface area contributed by atoms with Crippen LogP contribution in [0.2, 0.25) is 0 Å². The van der Waals surface area contributed by atoms with Crippen molar-refractivity contribution in [2.24, 2.45) is 5.41 Å². The zero-order valence-corrected chi connectivity index (χ0v) is 11.7. The molecule has 1 aliphatic rings. The predicted octanol–water partition coefficient (Wildman–Crippen LogP) is 2.13. The summed E-state index contributed by atoms with van der Waals surface area (Å²) in [7, 11) is 1.59. The molecule has 108 valence electrons. The normalized spacial score (nSPS) is 17.7. The molecule has 1 atom stereocenters. The number of carboxylic acids is 1. The van der Waals surface area contributed by atoms with E-state index in [0.717, 1.165) is 17.7 Å². The van der Waals surface area contributed by atoms with E-state index in [9.17, 15) is 14.7 Å². The number of benzene rings is 1. The molecule has 0 radical (unpaired) electrons. The second-order valence-electron chi connectivity index (χ2n) is 5.21. The Bertz CT molecular complexity index is 505. The molecule has 2 N–H and O–H groups in total. The molecule has 0 aromatic heterocycles. The number of hydrogen-bond acceptors (Lipinski definition) is 3. The van der Waals surface area contributed by atoms with Crippen LogP contribution >= 0.6 is 0 Å². The van der Waals surface area contributed by atoms with Gasteiger partial charge >= 0.3 is 5.97 Å². The molecule has 1 fully saturated rings. The van der Waals surface area contributed by atoms with Gasteiger partial charge in [-0.2, -0.15) is 0 Å². The average Bonchev–Trinajstić information content (AvgIpc) is 2.36. The maximum absolute atomic E-state index is 12.2. The van der Waals surface area contributed by atoms with Gasteiger partial charge in [-0.1, -0.05) is 18.6 Å². The second kappa shape index (κ2) is 5.53. The van der Waals surface area contributed by atoms with Crippen molar-refractivity contribution in [2.45, 2.75) is 32.2 Å². The van der Waals surface area contributed by atoms with Crippen LogP contribution in [0.5, 0.6) is 5.75 Å². The minimum Gasteiger partial charge on any atom is -0.497 e. The largest absolute Gasteiger partial charge is 0.497 e. The number of hydrogen-bond donors (Lipinski definition) is 2. The zero-order valence-electron chi connectivity index (χ0n) is 11.7. The fourth-order valence-electron chi connectivity index (χ4n) is 2.38. The van der Waals surface area contributed by atoms with E-state index in [0.29, 0.717) is 12.8 Å². The number of aliphatic carboxylic acids is 1. The lowest BCUT2D eigenvalue weighted by atomic mass is 9.68. The molecule has 0 heterocycles. The van der Waals surface area contributed by atoms with E-state index in [-0.39, 0.29) is 11.9 Å². The smallest absolute Gasteiger partial charge is 0.319 e. The van der Waals surface area contributed by atoms with Gasteiger partial charge in [0.15, 0.2) is 0 Å². The van der Waals surface area contributed by atoms with Gasteiger partial charge in [-0.15, -0.1) is 0 Å². The fraction of sp³-hybridized carbons (Fsp3) is 0.467. The Balaban J connectivity index is 2.05. The third-order valence-electron chi connectivity index (χ3n) is 4.01. The van der Waals surface area contributed by atoms with Gasteiger partial charge in [0.25, 0.3) is 0 Å². The lowest BCUT2D eigenvalue weighted by Gasteiger charge is -2.36. The number of rotatable bonds is 5. The molecular weight excluding hydrogens is 258 g/mol. The molecule has 2 rings (SSSR count). The topological polar surface area (TPSA) is 75.6 Å². The van der Waals surface area contributed by atoms with Crippen molar-refractivity contribution in [1.29, 1.82) is 0 Å². The van der Waals surface area contributed by atoms with Crippen LogP contribution < -0.4 is 10.1 Å². The first kappa shape index (κ1) is 14.4. The van der Waals surface area contributed by atoms with Crippen LogP contribution in [0.15, 0.2) is 24.3 Å². The highest BCUT2D eigenvalue weighted by molar-refractivity contribution is 6.02. The molecule has 0 aliphatic heterocycles. The van der Waals surface area contributed by atoms with Gasteiger partial charge in [-0.05, 0) is 37.5 Å². The first-order chi connectivity index (χ1) is 9.49. The summed E-state index contributed by atoms with van der Waals surface area (Å²) in [6, 6.07) is 7.11. The molecule has 20 heavy (non-hydrogen) atoms. The van der Waals surface area contributed by atoms with Crippen LogP contribution in [0.25, 0.3) is 0 Å². The van der Waals surface area contributed by atoms with Crippen molar-refractivity contribution in [3.8, 4) is 5.75 Å². The van der Waals surface area contributed by atoms with Crippen LogP contribution in [0.4, 0.5) is 0 Å². The maximum atomic E-state index is 12.2. The molecule has 1 saturated carbocycles. The Morgan fingerprint density at radius 1 is 1.30 bits per heavy atom. The quantitative estimate of drug-likeness (QED) is 0.808. The predicted molar refractivity (Wildman–Crippen MR) is 73.5 cm³/mol. The molecule has 5 nitrogen and oxygen atoms in total. The Morgan fingerprint density at radius 2 is 1.90 bits per heavy atom. The van der Waals surface area contributed by atoms with Crippen molar-refractivity contribution in [2.75, 3.05) is 7.11 Å². The molecule has 1 aliphatic carbocycles. The molecule has 1 amide bonds. The van der Waals surface area contributed by atoms with Gasteiger partial charge in [0.2, 0.25) is 5.91 Å². The summed E-state index contributed by atoms with van der Waals surface area (Å²) in [6.07, 6.45) is 1.63. The zero-order chi connectivity index (χ0) is 14.8. The maximum Gasteiger partial charge on any atom is 0.319 e. The molecule has 0 spiro atoms. The fourth-order valence-corrected chi connectivity index (χ4v) is 2.38. The first-order valence-electron chi connectivity index (χ1n) is 6.68. The minimum atomic E-state index is -1.22. The van der Waals surface area contributed by atoms with Crippen LogP contribution in [-0.2, 0) is 9.59 Å². The van der Waals surface area contributed by atoms with Gasteiger partial charge in [0, 0.05) is 0 Å². The average molecular weight is 277 g/mol. The van der Waals surface area contributed by atoms with E-state index in [1.165, 1.54) is 0 Å². The molecule has 0 bridgehead atoms. The van der Waals surface area contributed by atoms with E-state index in [1.807, 2.05) is 31.2 Å². The molecule has 0 saturated heterocycles. The summed E-state index contributed by atoms with van der Waals surface area (Å²) < 4.78 is 5.08. The third-order valence-corrected chi connectivity index (χ3v) is 4.01. The number of ether oxygens (including phenoxy) is 1. The lowest BCUT2D eigenvalue weighted by molar-refractivity contribution is -0.162. The minimum absolute atomic E-state index is 0.231. The van der Waals surface area contributed by atoms with Crippen LogP contribution in [-0.4, -0.2) is 24.1 Å². The summed E-state index contributed by atoms with van der Waals surface area (Å²) in [6.45, 7) is 1.84. The summed E-state index contributed by atoms with van der Waals surface area (Å²) >= 11 is 0. The van der Waals surface area contributed by atoms with Crippen molar-refractivity contribution >= 4 is 11.9 Å². The Morgan fingerprint density at radius 3 is 2.30 bits per heavy atom. The highest BCUT2D eigenvalue weighted by atomic mass is 16.5. The van der Waals surface area contributed by atoms with Gasteiger partial charge in [0.05, 0.1) is 13.2 Å². The highest BCUT2D eigenvalue weighted by Crippen LogP contribution is 2.41. The van der Waals surface area contributed by atoms with Crippen LogP contribution in [0.1, 0.15) is 37.8 Å². The van der Waals surface area contributed by atoms with Crippen molar-refractivity contribution < 1.29 is 19.4 Å². The molecule has 1 unspecified atom stereocenters. The van der Waals surface area contributed by atoms with Gasteiger partial charge in [-0.25, -0.2) is 0 Å². The number of methoxy groups -OCH3 is 1. The number of carbonyl (C=O) groups excluding carboxylic acids is 1. The molecular formula is C15H19NO4. The first-order valence-corrected chi connectivity index (χ1v) is 6.68. The highest BCUT2D eigenvalue weighted by Gasteiger charge is 2.51. The Labute approximate surface area is 117 Å². The summed E-state index contributed by atoms with van der Waals surface area (Å²) in [5.74, 6) is -0.670. The molecule has 1 aromatic rings. The monoisotopic (exact) mass is 277 g/mol. The lowest BCUT2D eigenvalue weighted by Crippen LogP contribution is -2.51. The summed E-state index contributed by atoms with van der Waals surface area (Å²) in [5, 5.41) is 12.0. The van der Waals surface area contributed by atoms with Crippen molar-refractivity contribution in [3.63, 3.8) is 0 Å². The van der Waals surface area contributed by atoms with E-state index < -0.39 is 11.4 Å². The number of carbonyl (C=O) groups is 2. The molecule has 5 heteroatoms. The third kappa shape index (κ3) is 2.48. The second-order valence-corrected chi connectivity index (χ2v) is 5.21. The van der Waals surface area contributed by atoms with E-state index in [1.54, 1.807) is 7.11 Å². The van der Waals surface area contributed by atoms with Crippen LogP contribution in [0.3, 0.4) is 0 Å². The van der Waals surface area contributed by atoms with Gasteiger partial charge in [-0.3, -0.25) is 9.59 Å². The van der Waals surface area contributed by atoms with Crippen molar-refractivity contribution in [3.05, 3.63) is 29.8 Å². The number of amides is 1. The number of nitrogens with one attached hydrogen (secondary N) is 1. The summed E-state index contributed by atoms with van der Waals surface area (Å²) in [4.78, 5) is 23.4. The van der Waals surface area contributed by atoms with Crippen LogP contribution in [0, 0.1) is 5.41 Å². The van der Waals surface area contributed by atoms with E-state index >= 15 is 0 Å². The Hall–Kier alpha value is -2.04. The SMILES string of the molecule is COc1ccc(C(C)NC(=O)C2(C(=O)O)CCC2)cc1. The van der Waals surface area contributed by atoms with Gasteiger partial charge in [0.1, 0.15) is 11.2 Å². The van der Waals surface area contributed by atoms with Crippen molar-refractivity contribution in [1.82, 2.24) is 5.32 Å². The summed E-state index contributed by atoms with van der Waals surface area (Å²) in [5.41, 5.74) is -0.306. The number of carboxylic acid groups (broad SMARTS) is 1. The molecule has 1 aromatic carbocycles. The Kier molecular flexibility index (Phi) is 3.97. The van der Waals surface area contributed by atoms with E-state index in [4.69, 9.17) is 4.74 Å². The van der Waals surface area contributed by atoms with Gasteiger partial charge < -0.3 is 15.2 Å².